The van der Waals surface area contributed by atoms with Gasteiger partial charge in [-0.2, -0.15) is 0 Å². The van der Waals surface area contributed by atoms with Gasteiger partial charge >= 0.3 is 0 Å². The van der Waals surface area contributed by atoms with Gasteiger partial charge in [0.2, 0.25) is 0 Å². The van der Waals surface area contributed by atoms with E-state index in [2.05, 4.69) is 129 Å². The third-order valence-electron chi connectivity index (χ3n) is 10.4. The summed E-state index contributed by atoms with van der Waals surface area (Å²) < 4.78 is 13.1. The van der Waals surface area contributed by atoms with Gasteiger partial charge in [0.05, 0.1) is 0 Å². The summed E-state index contributed by atoms with van der Waals surface area (Å²) in [5.41, 5.74) is 10.8. The molecular weight excluding hydrogens is 651 g/mol. The molecule has 252 valence electrons. The summed E-state index contributed by atoms with van der Waals surface area (Å²) in [6.07, 6.45) is 0. The van der Waals surface area contributed by atoms with Crippen LogP contribution in [0.3, 0.4) is 0 Å². The van der Waals surface area contributed by atoms with Crippen molar-refractivity contribution in [1.29, 1.82) is 0 Å². The summed E-state index contributed by atoms with van der Waals surface area (Å²) >= 11 is 0. The van der Waals surface area contributed by atoms with Crippen LogP contribution in [0.5, 0.6) is 11.5 Å². The average Bonchev–Trinajstić information content (AvgIpc) is 3.59. The molecule has 0 atom stereocenters. The molecule has 0 saturated heterocycles. The van der Waals surface area contributed by atoms with E-state index in [1.165, 1.54) is 11.1 Å². The van der Waals surface area contributed by atoms with Crippen molar-refractivity contribution in [2.24, 2.45) is 0 Å². The van der Waals surface area contributed by atoms with E-state index in [1.54, 1.807) is 0 Å². The molecule has 0 amide bonds. The van der Waals surface area contributed by atoms with E-state index in [9.17, 15) is 0 Å². The Hall–Kier alpha value is -6.85. The highest BCUT2D eigenvalue weighted by Gasteiger charge is 2.36. The van der Waals surface area contributed by atoms with E-state index in [0.29, 0.717) is 17.5 Å². The van der Waals surface area contributed by atoms with Crippen molar-refractivity contribution in [3.63, 3.8) is 0 Å². The second-order valence-electron chi connectivity index (χ2n) is 14.0. The van der Waals surface area contributed by atoms with E-state index in [0.717, 1.165) is 72.4 Å². The fourth-order valence-corrected chi connectivity index (χ4v) is 7.82. The molecule has 10 rings (SSSR count). The molecule has 0 unspecified atom stereocenters. The minimum absolute atomic E-state index is 0.275. The van der Waals surface area contributed by atoms with Crippen LogP contribution in [0.1, 0.15) is 25.0 Å². The first-order valence-corrected chi connectivity index (χ1v) is 17.9. The molecule has 9 aromatic rings. The van der Waals surface area contributed by atoms with Crippen LogP contribution < -0.4 is 4.74 Å². The van der Waals surface area contributed by atoms with Gasteiger partial charge in [-0.3, -0.25) is 0 Å². The molecule has 1 aliphatic heterocycles. The van der Waals surface area contributed by atoms with Crippen LogP contribution in [0.25, 0.3) is 78.4 Å². The molecule has 7 aromatic carbocycles. The van der Waals surface area contributed by atoms with Gasteiger partial charge in [-0.15, -0.1) is 0 Å². The zero-order valence-corrected chi connectivity index (χ0v) is 29.2. The Morgan fingerprint density at radius 3 is 1.81 bits per heavy atom. The second-order valence-corrected chi connectivity index (χ2v) is 14.0. The largest absolute Gasteiger partial charge is 0.457 e. The summed E-state index contributed by atoms with van der Waals surface area (Å²) in [5, 5.41) is 2.09. The Morgan fingerprint density at radius 1 is 0.434 bits per heavy atom. The van der Waals surface area contributed by atoms with E-state index in [-0.39, 0.29) is 5.41 Å². The van der Waals surface area contributed by atoms with Crippen molar-refractivity contribution in [2.45, 2.75) is 19.3 Å². The lowest BCUT2D eigenvalue weighted by Crippen LogP contribution is -2.25. The number of furan rings is 1. The van der Waals surface area contributed by atoms with Crippen molar-refractivity contribution in [2.75, 3.05) is 0 Å². The van der Waals surface area contributed by atoms with Crippen LogP contribution in [0.4, 0.5) is 0 Å². The first-order valence-electron chi connectivity index (χ1n) is 17.9. The monoisotopic (exact) mass is 683 g/mol. The molecular formula is C48H33N3O2. The van der Waals surface area contributed by atoms with E-state index < -0.39 is 0 Å². The van der Waals surface area contributed by atoms with Crippen LogP contribution in [0.2, 0.25) is 0 Å². The summed E-state index contributed by atoms with van der Waals surface area (Å²) in [4.78, 5) is 15.1. The van der Waals surface area contributed by atoms with Gasteiger partial charge in [0.1, 0.15) is 22.7 Å². The number of ether oxygens (including phenoxy) is 1. The SMILES string of the molecule is CC1(C)c2ccccc2Oc2cccc(-c3cccc4oc5cc(-c6nc(-c7ccccc7)nc(-c7cccc(-c8ccccc8)c7)n6)ccc5c34)c21. The normalized spacial score (nSPS) is 13.0. The highest BCUT2D eigenvalue weighted by atomic mass is 16.5. The molecule has 0 radical (unpaired) electrons. The van der Waals surface area contributed by atoms with Gasteiger partial charge in [-0.25, -0.2) is 15.0 Å². The number of fused-ring (bicyclic) bond motifs is 5. The van der Waals surface area contributed by atoms with Gasteiger partial charge in [0, 0.05) is 44.0 Å². The van der Waals surface area contributed by atoms with Crippen molar-refractivity contribution < 1.29 is 9.15 Å². The van der Waals surface area contributed by atoms with E-state index in [4.69, 9.17) is 24.1 Å². The molecule has 0 bridgehead atoms. The van der Waals surface area contributed by atoms with Gasteiger partial charge in [-0.1, -0.05) is 141 Å². The summed E-state index contributed by atoms with van der Waals surface area (Å²) in [6, 6.07) is 56.0. The molecule has 0 N–H and O–H groups in total. The Morgan fingerprint density at radius 2 is 1.02 bits per heavy atom. The van der Waals surface area contributed by atoms with E-state index >= 15 is 0 Å². The average molecular weight is 684 g/mol. The van der Waals surface area contributed by atoms with Crippen molar-refractivity contribution in [1.82, 2.24) is 15.0 Å². The molecule has 2 aromatic heterocycles. The predicted octanol–water partition coefficient (Wildman–Crippen LogP) is 12.5. The van der Waals surface area contributed by atoms with Crippen molar-refractivity contribution in [3.05, 3.63) is 175 Å². The van der Waals surface area contributed by atoms with Crippen LogP contribution in [-0.2, 0) is 5.41 Å². The minimum Gasteiger partial charge on any atom is -0.457 e. The standard InChI is InChI=1S/C48H33N3O2/c1-48(2)38-22-9-10-23-39(38)52-41-25-13-21-36(44(41)48)35-20-12-24-40-43(35)37-27-26-34(29-42(37)53-40)47-50-45(31-16-7-4-8-17-31)49-46(51-47)33-19-11-18-32(28-33)30-14-5-3-6-15-30/h3-29H,1-2H3. The summed E-state index contributed by atoms with van der Waals surface area (Å²) in [6.45, 7) is 4.56. The Kier molecular flexibility index (Phi) is 7.08. The Labute approximate surface area is 307 Å². The van der Waals surface area contributed by atoms with Crippen LogP contribution in [-0.4, -0.2) is 15.0 Å². The molecule has 5 heteroatoms. The van der Waals surface area contributed by atoms with Crippen LogP contribution in [0.15, 0.2) is 168 Å². The third kappa shape index (κ3) is 5.20. The van der Waals surface area contributed by atoms with Crippen LogP contribution >= 0.6 is 0 Å². The van der Waals surface area contributed by atoms with Crippen molar-refractivity contribution in [3.8, 4) is 67.9 Å². The number of aromatic nitrogens is 3. The maximum atomic E-state index is 6.62. The first kappa shape index (κ1) is 30.9. The maximum absolute atomic E-state index is 6.62. The topological polar surface area (TPSA) is 61.0 Å². The van der Waals surface area contributed by atoms with Gasteiger partial charge < -0.3 is 9.15 Å². The highest BCUT2D eigenvalue weighted by molar-refractivity contribution is 6.13. The quantitative estimate of drug-likeness (QED) is 0.181. The molecule has 53 heavy (non-hydrogen) atoms. The third-order valence-corrected chi connectivity index (χ3v) is 10.4. The van der Waals surface area contributed by atoms with Gasteiger partial charge in [-0.05, 0) is 58.7 Å². The molecule has 3 heterocycles. The fraction of sp³-hybridized carbons (Fsp3) is 0.0625. The number of nitrogens with zero attached hydrogens (tertiary/aromatic N) is 3. The van der Waals surface area contributed by atoms with Crippen molar-refractivity contribution >= 4 is 21.9 Å². The predicted molar refractivity (Wildman–Crippen MR) is 213 cm³/mol. The first-order chi connectivity index (χ1) is 26.0. The lowest BCUT2D eigenvalue weighted by atomic mass is 9.72. The summed E-state index contributed by atoms with van der Waals surface area (Å²) in [7, 11) is 0. The second kappa shape index (κ2) is 12.1. The molecule has 0 aliphatic carbocycles. The lowest BCUT2D eigenvalue weighted by molar-refractivity contribution is 0.419. The highest BCUT2D eigenvalue weighted by Crippen LogP contribution is 2.52. The number of hydrogen-bond donors (Lipinski definition) is 0. The molecule has 1 aliphatic rings. The number of benzene rings is 7. The minimum atomic E-state index is -0.275. The van der Waals surface area contributed by atoms with E-state index in [1.807, 2.05) is 48.5 Å². The zero-order valence-electron chi connectivity index (χ0n) is 29.2. The van der Waals surface area contributed by atoms with Crippen LogP contribution in [0, 0.1) is 0 Å². The maximum Gasteiger partial charge on any atom is 0.164 e. The van der Waals surface area contributed by atoms with Gasteiger partial charge in [0.15, 0.2) is 17.5 Å². The fourth-order valence-electron chi connectivity index (χ4n) is 7.82. The number of hydrogen-bond acceptors (Lipinski definition) is 5. The zero-order chi connectivity index (χ0) is 35.5. The van der Waals surface area contributed by atoms with Gasteiger partial charge in [0.25, 0.3) is 0 Å². The smallest absolute Gasteiger partial charge is 0.164 e. The number of rotatable bonds is 5. The Balaban J connectivity index is 1.12. The molecule has 0 saturated carbocycles. The lowest BCUT2D eigenvalue weighted by Gasteiger charge is -2.36. The molecule has 0 spiro atoms. The molecule has 5 nitrogen and oxygen atoms in total. The number of para-hydroxylation sites is 1. The molecule has 0 fully saturated rings. The Bertz CT molecular complexity index is 2840. The summed E-state index contributed by atoms with van der Waals surface area (Å²) in [5.74, 6) is 3.59.